The van der Waals surface area contributed by atoms with Gasteiger partial charge in [-0.3, -0.25) is 4.79 Å². The van der Waals surface area contributed by atoms with Crippen molar-refractivity contribution in [1.82, 2.24) is 29.7 Å². The Labute approximate surface area is 244 Å². The number of carbonyl (C=O) groups excluding carboxylic acids is 2. The van der Waals surface area contributed by atoms with Gasteiger partial charge in [0.05, 0.1) is 40.7 Å². The number of rotatable bonds is 6. The summed E-state index contributed by atoms with van der Waals surface area (Å²) >= 11 is 1.39. The molecule has 222 valence electrons. The molecule has 1 aliphatic heterocycles. The Hall–Kier alpha value is -4.00. The number of benzene rings is 1. The van der Waals surface area contributed by atoms with Crippen LogP contribution >= 0.6 is 11.3 Å². The summed E-state index contributed by atoms with van der Waals surface area (Å²) in [5, 5.41) is 3.68. The van der Waals surface area contributed by atoms with Gasteiger partial charge in [-0.25, -0.2) is 19.7 Å². The lowest BCUT2D eigenvalue weighted by atomic mass is 10.1. The minimum atomic E-state index is -4.38. The first kappa shape index (κ1) is 29.5. The van der Waals surface area contributed by atoms with Crippen LogP contribution in [0.4, 0.5) is 18.0 Å². The normalized spacial score (nSPS) is 16.5. The first-order valence-electron chi connectivity index (χ1n) is 13.5. The molecule has 4 heterocycles. The molecule has 0 saturated carbocycles. The highest BCUT2D eigenvalue weighted by atomic mass is 32.1. The number of hydrogen-bond donors (Lipinski definition) is 1. The lowest BCUT2D eigenvalue weighted by molar-refractivity contribution is -0.137. The number of nitrogens with zero attached hydrogens (tertiary/aromatic N) is 5. The second kappa shape index (κ2) is 11.3. The van der Waals surface area contributed by atoms with Crippen LogP contribution in [0.5, 0.6) is 0 Å². The van der Waals surface area contributed by atoms with E-state index in [2.05, 4.69) is 20.3 Å². The molecule has 9 nitrogen and oxygen atoms in total. The highest BCUT2D eigenvalue weighted by Crippen LogP contribution is 2.30. The Bertz CT molecular complexity index is 1590. The number of pyridine rings is 1. The number of aromatic nitrogens is 4. The Morgan fingerprint density at radius 2 is 1.86 bits per heavy atom. The second-order valence-corrected chi connectivity index (χ2v) is 12.4. The van der Waals surface area contributed by atoms with Crippen molar-refractivity contribution in [3.63, 3.8) is 0 Å². The van der Waals surface area contributed by atoms with Gasteiger partial charge in [0, 0.05) is 30.6 Å². The Morgan fingerprint density at radius 1 is 1.12 bits per heavy atom. The van der Waals surface area contributed by atoms with E-state index in [0.717, 1.165) is 34.0 Å². The first-order chi connectivity index (χ1) is 19.8. The third-order valence-corrected chi connectivity index (χ3v) is 8.06. The van der Waals surface area contributed by atoms with Crippen molar-refractivity contribution in [3.05, 3.63) is 75.8 Å². The van der Waals surface area contributed by atoms with Crippen molar-refractivity contribution in [2.75, 3.05) is 13.1 Å². The highest BCUT2D eigenvalue weighted by Gasteiger charge is 2.32. The Morgan fingerprint density at radius 3 is 2.55 bits per heavy atom. The largest absolute Gasteiger partial charge is 0.444 e. The number of halogens is 3. The van der Waals surface area contributed by atoms with Crippen molar-refractivity contribution in [1.29, 1.82) is 0 Å². The molecule has 13 heteroatoms. The van der Waals surface area contributed by atoms with Crippen molar-refractivity contribution in [3.8, 4) is 0 Å². The van der Waals surface area contributed by atoms with E-state index in [1.54, 1.807) is 29.7 Å². The van der Waals surface area contributed by atoms with E-state index in [9.17, 15) is 22.8 Å². The average molecular weight is 601 g/mol. The molecule has 3 aromatic heterocycles. The maximum atomic E-state index is 13.1. The van der Waals surface area contributed by atoms with Gasteiger partial charge < -0.3 is 19.5 Å². The fourth-order valence-corrected chi connectivity index (χ4v) is 5.70. The molecule has 0 spiro atoms. The summed E-state index contributed by atoms with van der Waals surface area (Å²) in [7, 11) is 0. The number of amides is 2. The fraction of sp³-hybridized carbons (Fsp3) is 0.414. The van der Waals surface area contributed by atoms with Crippen LogP contribution in [0, 0.1) is 0 Å². The smallest absolute Gasteiger partial charge is 0.416 e. The van der Waals surface area contributed by atoms with Crippen LogP contribution in [-0.2, 0) is 17.3 Å². The maximum Gasteiger partial charge on any atom is 0.416 e. The second-order valence-electron chi connectivity index (χ2n) is 11.3. The van der Waals surface area contributed by atoms with Crippen LogP contribution in [0.15, 0.2) is 49.1 Å². The first-order valence-corrected chi connectivity index (χ1v) is 14.3. The molecule has 1 aliphatic rings. The van der Waals surface area contributed by atoms with E-state index in [0.29, 0.717) is 30.6 Å². The number of nitrogens with one attached hydrogen (secondary N) is 1. The van der Waals surface area contributed by atoms with Crippen LogP contribution in [0.25, 0.3) is 11.0 Å². The molecule has 0 unspecified atom stereocenters. The van der Waals surface area contributed by atoms with Gasteiger partial charge >= 0.3 is 12.3 Å². The monoisotopic (exact) mass is 600 g/mol. The number of imidazole rings is 1. The highest BCUT2D eigenvalue weighted by molar-refractivity contribution is 7.11. The van der Waals surface area contributed by atoms with Gasteiger partial charge in [0.15, 0.2) is 0 Å². The third kappa shape index (κ3) is 6.72. The van der Waals surface area contributed by atoms with Crippen LogP contribution in [0.3, 0.4) is 0 Å². The molecule has 1 saturated heterocycles. The number of alkyl halides is 3. The predicted octanol–water partition coefficient (Wildman–Crippen LogP) is 6.17. The Balaban J connectivity index is 1.23. The minimum absolute atomic E-state index is 0.0139. The number of thiazole rings is 1. The standard InChI is InChI=1S/C29H31F3N6O3S/c1-17(24-14-34-25(42-24)11-18-5-7-19(8-6-18)29(30,31)32)36-26(39)21-12-23-22(13-33-21)35-16-38(23)20-9-10-37(15-20)27(40)41-28(2,3)4/h5-8,12-14,16-17,20H,9-11,15H2,1-4H3,(H,36,39)/t17-,20-/m1/s1. The molecular weight excluding hydrogens is 569 g/mol. The predicted molar refractivity (Wildman–Crippen MR) is 151 cm³/mol. The minimum Gasteiger partial charge on any atom is -0.444 e. The molecule has 0 aliphatic carbocycles. The zero-order valence-corrected chi connectivity index (χ0v) is 24.4. The van der Waals surface area contributed by atoms with E-state index in [1.165, 1.54) is 23.5 Å². The van der Waals surface area contributed by atoms with E-state index < -0.39 is 17.3 Å². The van der Waals surface area contributed by atoms with Crippen molar-refractivity contribution < 1.29 is 27.5 Å². The van der Waals surface area contributed by atoms with E-state index in [1.807, 2.05) is 32.3 Å². The van der Waals surface area contributed by atoms with Crippen LogP contribution in [0.2, 0.25) is 0 Å². The molecule has 2 atom stereocenters. The number of carbonyl (C=O) groups is 2. The van der Waals surface area contributed by atoms with Gasteiger partial charge in [-0.1, -0.05) is 12.1 Å². The maximum absolute atomic E-state index is 13.1. The van der Waals surface area contributed by atoms with E-state index >= 15 is 0 Å². The molecule has 2 amide bonds. The van der Waals surface area contributed by atoms with Gasteiger partial charge in [-0.2, -0.15) is 13.2 Å². The van der Waals surface area contributed by atoms with Crippen LogP contribution in [0.1, 0.15) is 77.7 Å². The summed E-state index contributed by atoms with van der Waals surface area (Å²) in [6.45, 7) is 8.37. The Kier molecular flexibility index (Phi) is 7.97. The van der Waals surface area contributed by atoms with E-state index in [-0.39, 0.29) is 29.8 Å². The van der Waals surface area contributed by atoms with E-state index in [4.69, 9.17) is 4.74 Å². The molecule has 42 heavy (non-hydrogen) atoms. The number of fused-ring (bicyclic) bond motifs is 1. The van der Waals surface area contributed by atoms with Crippen LogP contribution < -0.4 is 5.32 Å². The van der Waals surface area contributed by atoms with Gasteiger partial charge in [0.2, 0.25) is 0 Å². The summed E-state index contributed by atoms with van der Waals surface area (Å²) in [5.41, 5.74) is 1.07. The summed E-state index contributed by atoms with van der Waals surface area (Å²) in [4.78, 5) is 41.3. The molecule has 0 bridgehead atoms. The van der Waals surface area contributed by atoms with Crippen molar-refractivity contribution in [2.45, 2.75) is 64.4 Å². The number of likely N-dealkylation sites (tertiary alicyclic amines) is 1. The van der Waals surface area contributed by atoms with Crippen molar-refractivity contribution in [2.24, 2.45) is 0 Å². The van der Waals surface area contributed by atoms with Gasteiger partial charge in [0.1, 0.15) is 16.8 Å². The van der Waals surface area contributed by atoms with Gasteiger partial charge in [-0.05, 0) is 57.9 Å². The summed E-state index contributed by atoms with van der Waals surface area (Å²) < 4.78 is 46.0. The molecule has 5 rings (SSSR count). The molecule has 0 radical (unpaired) electrons. The fourth-order valence-electron chi connectivity index (χ4n) is 4.74. The summed E-state index contributed by atoms with van der Waals surface area (Å²) in [6, 6.07) is 6.34. The summed E-state index contributed by atoms with van der Waals surface area (Å²) in [5.74, 6) is -0.364. The number of hydrogen-bond acceptors (Lipinski definition) is 7. The molecule has 1 aromatic carbocycles. The zero-order chi connectivity index (χ0) is 30.2. The third-order valence-electron chi connectivity index (χ3n) is 6.88. The van der Waals surface area contributed by atoms with Gasteiger partial charge in [0.25, 0.3) is 5.91 Å². The lowest BCUT2D eigenvalue weighted by Crippen LogP contribution is -2.35. The molecule has 4 aromatic rings. The van der Waals surface area contributed by atoms with Crippen molar-refractivity contribution >= 4 is 34.4 Å². The molecule has 1 fully saturated rings. The SMILES string of the molecule is C[C@@H](NC(=O)c1cc2c(cn1)ncn2[C@@H]1CCN(C(=O)OC(C)(C)C)C1)c1cnc(Cc2ccc(C(F)(F)F)cc2)s1. The quantitative estimate of drug-likeness (QED) is 0.284. The average Bonchev–Trinajstić information content (AvgIpc) is 3.66. The zero-order valence-electron chi connectivity index (χ0n) is 23.6. The molecular formula is C29H31F3N6O3S. The number of ether oxygens (including phenoxy) is 1. The lowest BCUT2D eigenvalue weighted by Gasteiger charge is -2.24. The topological polar surface area (TPSA) is 102 Å². The van der Waals surface area contributed by atoms with Crippen LogP contribution in [-0.4, -0.2) is 55.1 Å². The van der Waals surface area contributed by atoms with Gasteiger partial charge in [-0.15, -0.1) is 11.3 Å². The summed E-state index contributed by atoms with van der Waals surface area (Å²) in [6.07, 6.45) is 1.31. The molecule has 1 N–H and O–H groups in total.